The molecule has 0 radical (unpaired) electrons. The van der Waals surface area contributed by atoms with Crippen LogP contribution in [0.2, 0.25) is 0 Å². The zero-order valence-electron chi connectivity index (χ0n) is 13.2. The molecule has 0 aliphatic carbocycles. The van der Waals surface area contributed by atoms with Crippen molar-refractivity contribution in [3.05, 3.63) is 72.1 Å². The molecule has 7 nitrogen and oxygen atoms in total. The summed E-state index contributed by atoms with van der Waals surface area (Å²) in [4.78, 5) is 4.47. The zero-order valence-corrected chi connectivity index (χ0v) is 13.2. The van der Waals surface area contributed by atoms with Gasteiger partial charge in [0, 0.05) is 12.7 Å². The highest BCUT2D eigenvalue weighted by Crippen LogP contribution is 2.30. The molecule has 25 heavy (non-hydrogen) atoms. The van der Waals surface area contributed by atoms with Crippen molar-refractivity contribution in [3.63, 3.8) is 0 Å². The molecule has 0 amide bonds. The minimum atomic E-state index is -1.71. The monoisotopic (exact) mass is 336 g/mol. The van der Waals surface area contributed by atoms with E-state index in [9.17, 15) is 10.2 Å². The Hall–Kier alpha value is -3.16. The summed E-state index contributed by atoms with van der Waals surface area (Å²) in [5, 5.41) is 27.2. The molecule has 3 aromatic heterocycles. The van der Waals surface area contributed by atoms with Crippen LogP contribution in [0.5, 0.6) is 0 Å². The number of nitrogens with zero attached hydrogens (tertiary/aromatic N) is 3. The van der Waals surface area contributed by atoms with E-state index >= 15 is 0 Å². The fourth-order valence-corrected chi connectivity index (χ4v) is 2.67. The van der Waals surface area contributed by atoms with E-state index in [4.69, 9.17) is 4.42 Å². The van der Waals surface area contributed by atoms with E-state index in [1.807, 2.05) is 30.3 Å². The minimum Gasteiger partial charge on any atom is -0.463 e. The van der Waals surface area contributed by atoms with E-state index in [0.29, 0.717) is 29.5 Å². The number of aromatic nitrogens is 3. The average molecular weight is 336 g/mol. The molecule has 126 valence electrons. The van der Waals surface area contributed by atoms with Gasteiger partial charge in [0.25, 0.3) is 0 Å². The third kappa shape index (κ3) is 2.98. The minimum absolute atomic E-state index is 0.207. The van der Waals surface area contributed by atoms with Crippen LogP contribution in [-0.4, -0.2) is 24.8 Å². The Bertz CT molecular complexity index is 978. The van der Waals surface area contributed by atoms with Gasteiger partial charge in [-0.1, -0.05) is 30.3 Å². The first-order valence-electron chi connectivity index (χ1n) is 7.79. The van der Waals surface area contributed by atoms with Crippen LogP contribution in [0.4, 0.5) is 5.82 Å². The van der Waals surface area contributed by atoms with Crippen LogP contribution >= 0.6 is 0 Å². The third-order valence-electron chi connectivity index (χ3n) is 3.85. The van der Waals surface area contributed by atoms with Gasteiger partial charge in [0.05, 0.1) is 11.8 Å². The highest BCUT2D eigenvalue weighted by Gasteiger charge is 2.22. The lowest BCUT2D eigenvalue weighted by atomic mass is 10.2. The summed E-state index contributed by atoms with van der Waals surface area (Å²) in [7, 11) is 0. The molecule has 0 saturated carbocycles. The van der Waals surface area contributed by atoms with Crippen LogP contribution in [0.25, 0.3) is 17.1 Å². The SMILES string of the molecule is OC(O)c1c(-c2ccco2)nn2ccc(NCc3ccccc3)nc12. The molecule has 3 heterocycles. The van der Waals surface area contributed by atoms with Crippen LogP contribution in [0.15, 0.2) is 65.4 Å². The molecule has 0 aliphatic rings. The van der Waals surface area contributed by atoms with Crippen LogP contribution < -0.4 is 5.32 Å². The summed E-state index contributed by atoms with van der Waals surface area (Å²) in [6.07, 6.45) is 1.51. The summed E-state index contributed by atoms with van der Waals surface area (Å²) < 4.78 is 6.83. The van der Waals surface area contributed by atoms with Crippen molar-refractivity contribution in [2.24, 2.45) is 0 Å². The first-order chi connectivity index (χ1) is 12.2. The molecular formula is C18H16N4O3. The Balaban J connectivity index is 1.71. The Morgan fingerprint density at radius 1 is 1.08 bits per heavy atom. The molecule has 0 atom stereocenters. The standard InChI is InChI=1S/C18H16N4O3/c23-18(24)15-16(13-7-4-10-25-13)21-22-9-8-14(20-17(15)22)19-11-12-5-2-1-3-6-12/h1-10,18,23-24H,11H2,(H,19,20). The van der Waals surface area contributed by atoms with Gasteiger partial charge in [-0.25, -0.2) is 9.50 Å². The van der Waals surface area contributed by atoms with Gasteiger partial charge < -0.3 is 19.9 Å². The number of hydrogen-bond donors (Lipinski definition) is 3. The average Bonchev–Trinajstić information content (AvgIpc) is 3.27. The number of hydrogen-bond acceptors (Lipinski definition) is 6. The molecule has 3 N–H and O–H groups in total. The third-order valence-corrected chi connectivity index (χ3v) is 3.85. The molecule has 0 bridgehead atoms. The molecule has 1 aromatic carbocycles. The van der Waals surface area contributed by atoms with E-state index in [-0.39, 0.29) is 5.56 Å². The van der Waals surface area contributed by atoms with Crippen LogP contribution in [-0.2, 0) is 6.54 Å². The molecule has 0 fully saturated rings. The number of rotatable bonds is 5. The predicted octanol–water partition coefficient (Wildman–Crippen LogP) is 2.58. The van der Waals surface area contributed by atoms with Gasteiger partial charge in [0.15, 0.2) is 17.7 Å². The largest absolute Gasteiger partial charge is 0.463 e. The Morgan fingerprint density at radius 3 is 2.64 bits per heavy atom. The van der Waals surface area contributed by atoms with Gasteiger partial charge in [0.1, 0.15) is 11.5 Å². The maximum Gasteiger partial charge on any atom is 0.184 e. The first-order valence-corrected chi connectivity index (χ1v) is 7.79. The summed E-state index contributed by atoms with van der Waals surface area (Å²) in [6.45, 7) is 0.611. The highest BCUT2D eigenvalue weighted by atomic mass is 16.5. The second-order valence-corrected chi connectivity index (χ2v) is 5.53. The molecule has 7 heteroatoms. The van der Waals surface area contributed by atoms with Crippen LogP contribution in [0, 0.1) is 0 Å². The van der Waals surface area contributed by atoms with Crippen molar-refractivity contribution in [2.75, 3.05) is 5.32 Å². The maximum absolute atomic E-state index is 9.79. The van der Waals surface area contributed by atoms with Crippen LogP contribution in [0.3, 0.4) is 0 Å². The van der Waals surface area contributed by atoms with E-state index in [2.05, 4.69) is 15.4 Å². The van der Waals surface area contributed by atoms with Gasteiger partial charge in [-0.15, -0.1) is 0 Å². The van der Waals surface area contributed by atoms with Gasteiger partial charge >= 0.3 is 0 Å². The number of benzene rings is 1. The zero-order chi connectivity index (χ0) is 17.2. The molecule has 0 aliphatic heterocycles. The second kappa shape index (κ2) is 6.39. The summed E-state index contributed by atoms with van der Waals surface area (Å²) in [5.74, 6) is 1.07. The Labute approximate surface area is 143 Å². The van der Waals surface area contributed by atoms with E-state index in [1.165, 1.54) is 10.8 Å². The molecule has 0 saturated heterocycles. The Morgan fingerprint density at radius 2 is 1.92 bits per heavy atom. The first kappa shape index (κ1) is 15.4. The number of anilines is 1. The molecular weight excluding hydrogens is 320 g/mol. The van der Waals surface area contributed by atoms with Gasteiger partial charge in [0.2, 0.25) is 0 Å². The fraction of sp³-hybridized carbons (Fsp3) is 0.111. The number of nitrogens with one attached hydrogen (secondary N) is 1. The van der Waals surface area contributed by atoms with Gasteiger partial charge in [-0.2, -0.15) is 5.10 Å². The fourth-order valence-electron chi connectivity index (χ4n) is 2.67. The lowest BCUT2D eigenvalue weighted by Crippen LogP contribution is -2.04. The van der Waals surface area contributed by atoms with E-state index in [1.54, 1.807) is 24.4 Å². The van der Waals surface area contributed by atoms with Crippen molar-refractivity contribution in [3.8, 4) is 11.5 Å². The van der Waals surface area contributed by atoms with Gasteiger partial charge in [-0.3, -0.25) is 0 Å². The van der Waals surface area contributed by atoms with Crippen molar-refractivity contribution in [2.45, 2.75) is 12.8 Å². The van der Waals surface area contributed by atoms with Gasteiger partial charge in [-0.05, 0) is 23.8 Å². The van der Waals surface area contributed by atoms with E-state index < -0.39 is 6.29 Å². The van der Waals surface area contributed by atoms with Crippen molar-refractivity contribution in [1.29, 1.82) is 0 Å². The molecule has 0 spiro atoms. The highest BCUT2D eigenvalue weighted by molar-refractivity contribution is 5.68. The topological polar surface area (TPSA) is 95.8 Å². The lowest BCUT2D eigenvalue weighted by Gasteiger charge is -2.07. The van der Waals surface area contributed by atoms with Crippen molar-refractivity contribution >= 4 is 11.5 Å². The molecule has 4 aromatic rings. The number of aliphatic hydroxyl groups is 2. The summed E-state index contributed by atoms with van der Waals surface area (Å²) in [6, 6.07) is 15.1. The van der Waals surface area contributed by atoms with Crippen molar-refractivity contribution < 1.29 is 14.6 Å². The van der Waals surface area contributed by atoms with Crippen LogP contribution in [0.1, 0.15) is 17.4 Å². The maximum atomic E-state index is 9.79. The summed E-state index contributed by atoms with van der Waals surface area (Å²) in [5.41, 5.74) is 2.04. The molecule has 0 unspecified atom stereocenters. The summed E-state index contributed by atoms with van der Waals surface area (Å²) >= 11 is 0. The Kier molecular flexibility index (Phi) is 3.93. The number of furan rings is 1. The normalized spacial score (nSPS) is 11.3. The quantitative estimate of drug-likeness (QED) is 0.485. The number of fused-ring (bicyclic) bond motifs is 1. The van der Waals surface area contributed by atoms with Crippen molar-refractivity contribution in [1.82, 2.24) is 14.6 Å². The number of aliphatic hydroxyl groups excluding tert-OH is 1. The van der Waals surface area contributed by atoms with E-state index in [0.717, 1.165) is 5.56 Å². The smallest absolute Gasteiger partial charge is 0.184 e. The molecule has 4 rings (SSSR count). The second-order valence-electron chi connectivity index (χ2n) is 5.53. The predicted molar refractivity (Wildman–Crippen MR) is 91.6 cm³/mol. The lowest BCUT2D eigenvalue weighted by molar-refractivity contribution is -0.0411.